The Kier molecular flexibility index (Phi) is 4.08. The van der Waals surface area contributed by atoms with Gasteiger partial charge in [0.15, 0.2) is 0 Å². The summed E-state index contributed by atoms with van der Waals surface area (Å²) in [6.45, 7) is 6.80. The second-order valence-electron chi connectivity index (χ2n) is 5.02. The molecule has 0 aliphatic carbocycles. The Bertz CT molecular complexity index is 575. The molecular weight excluding hydrogens is 252 g/mol. The Morgan fingerprint density at radius 2 is 2.30 bits per heavy atom. The molecule has 1 aliphatic heterocycles. The van der Waals surface area contributed by atoms with E-state index in [0.717, 1.165) is 43.7 Å². The van der Waals surface area contributed by atoms with Crippen molar-refractivity contribution in [1.82, 2.24) is 14.9 Å². The molecule has 1 aliphatic rings. The fourth-order valence-electron chi connectivity index (χ4n) is 2.45. The standard InChI is InChI=1S/C15H20N4O/c1-2-19-7-8-20-13(11-19)10-17-15-16-9-12-5-3-4-6-14(12)18-15/h3-6,9,13H,2,7-8,10-11H2,1H3,(H,16,17,18). The number of nitrogens with one attached hydrogen (secondary N) is 1. The molecule has 1 unspecified atom stereocenters. The van der Waals surface area contributed by atoms with Gasteiger partial charge in [-0.1, -0.05) is 25.1 Å². The number of para-hydroxylation sites is 1. The first kappa shape index (κ1) is 13.3. The van der Waals surface area contributed by atoms with Crippen LogP contribution in [0.5, 0.6) is 0 Å². The van der Waals surface area contributed by atoms with Crippen molar-refractivity contribution in [2.45, 2.75) is 13.0 Å². The van der Waals surface area contributed by atoms with Crippen LogP contribution in [0.25, 0.3) is 10.9 Å². The number of benzene rings is 1. The van der Waals surface area contributed by atoms with Crippen molar-refractivity contribution in [2.24, 2.45) is 0 Å². The highest BCUT2D eigenvalue weighted by molar-refractivity contribution is 5.78. The van der Waals surface area contributed by atoms with Gasteiger partial charge in [-0.25, -0.2) is 9.97 Å². The summed E-state index contributed by atoms with van der Waals surface area (Å²) in [4.78, 5) is 11.2. The van der Waals surface area contributed by atoms with Crippen molar-refractivity contribution >= 4 is 16.9 Å². The van der Waals surface area contributed by atoms with E-state index < -0.39 is 0 Å². The zero-order valence-corrected chi connectivity index (χ0v) is 11.7. The number of nitrogens with zero attached hydrogens (tertiary/aromatic N) is 3. The third-order valence-electron chi connectivity index (χ3n) is 3.65. The molecule has 2 heterocycles. The number of ether oxygens (including phenoxy) is 1. The molecule has 5 nitrogen and oxygen atoms in total. The maximum Gasteiger partial charge on any atom is 0.223 e. The molecule has 5 heteroatoms. The molecule has 0 bridgehead atoms. The minimum absolute atomic E-state index is 0.207. The average Bonchev–Trinajstić information content (AvgIpc) is 2.53. The quantitative estimate of drug-likeness (QED) is 0.919. The fraction of sp³-hybridized carbons (Fsp3) is 0.467. The van der Waals surface area contributed by atoms with Gasteiger partial charge >= 0.3 is 0 Å². The Balaban J connectivity index is 1.61. The van der Waals surface area contributed by atoms with Gasteiger partial charge in [0.2, 0.25) is 5.95 Å². The molecule has 1 aromatic carbocycles. The molecule has 0 saturated carbocycles. The van der Waals surface area contributed by atoms with E-state index in [0.29, 0.717) is 5.95 Å². The van der Waals surface area contributed by atoms with E-state index in [1.807, 2.05) is 30.5 Å². The monoisotopic (exact) mass is 272 g/mol. The minimum atomic E-state index is 0.207. The third-order valence-corrected chi connectivity index (χ3v) is 3.65. The highest BCUT2D eigenvalue weighted by Gasteiger charge is 2.19. The lowest BCUT2D eigenvalue weighted by atomic mass is 10.2. The van der Waals surface area contributed by atoms with Crippen LogP contribution in [0, 0.1) is 0 Å². The zero-order chi connectivity index (χ0) is 13.8. The average molecular weight is 272 g/mol. The normalized spacial score (nSPS) is 20.1. The van der Waals surface area contributed by atoms with Crippen LogP contribution in [-0.2, 0) is 4.74 Å². The van der Waals surface area contributed by atoms with E-state index >= 15 is 0 Å². The lowest BCUT2D eigenvalue weighted by Crippen LogP contribution is -2.45. The molecule has 0 spiro atoms. The van der Waals surface area contributed by atoms with E-state index in [2.05, 4.69) is 27.1 Å². The van der Waals surface area contributed by atoms with Gasteiger partial charge in [0, 0.05) is 31.2 Å². The number of likely N-dealkylation sites (N-methyl/N-ethyl adjacent to an activating group) is 1. The van der Waals surface area contributed by atoms with Crippen LogP contribution in [0.15, 0.2) is 30.5 Å². The van der Waals surface area contributed by atoms with Crippen LogP contribution >= 0.6 is 0 Å². The van der Waals surface area contributed by atoms with E-state index in [1.165, 1.54) is 0 Å². The SMILES string of the molecule is CCN1CCOC(CNc2ncc3ccccc3n2)C1. The number of rotatable bonds is 4. The van der Waals surface area contributed by atoms with Gasteiger partial charge in [0.05, 0.1) is 18.2 Å². The van der Waals surface area contributed by atoms with Crippen LogP contribution in [0.3, 0.4) is 0 Å². The zero-order valence-electron chi connectivity index (χ0n) is 11.7. The first-order chi connectivity index (χ1) is 9.85. The van der Waals surface area contributed by atoms with Gasteiger partial charge in [0.1, 0.15) is 0 Å². The van der Waals surface area contributed by atoms with Gasteiger partial charge in [-0.05, 0) is 12.6 Å². The molecule has 1 fully saturated rings. The first-order valence-corrected chi connectivity index (χ1v) is 7.15. The Morgan fingerprint density at radius 3 is 3.20 bits per heavy atom. The highest BCUT2D eigenvalue weighted by atomic mass is 16.5. The maximum absolute atomic E-state index is 5.76. The Morgan fingerprint density at radius 1 is 1.40 bits per heavy atom. The molecule has 20 heavy (non-hydrogen) atoms. The molecule has 106 valence electrons. The Hall–Kier alpha value is -1.72. The van der Waals surface area contributed by atoms with E-state index in [9.17, 15) is 0 Å². The van der Waals surface area contributed by atoms with E-state index in [4.69, 9.17) is 4.74 Å². The summed E-state index contributed by atoms with van der Waals surface area (Å²) in [5, 5.41) is 4.34. The molecule has 1 N–H and O–H groups in total. The molecule has 1 aromatic heterocycles. The van der Waals surface area contributed by atoms with Gasteiger partial charge in [-0.2, -0.15) is 0 Å². The number of morpholine rings is 1. The molecular formula is C15H20N4O. The van der Waals surface area contributed by atoms with E-state index in [1.54, 1.807) is 0 Å². The summed E-state index contributed by atoms with van der Waals surface area (Å²) in [6.07, 6.45) is 2.06. The van der Waals surface area contributed by atoms with E-state index in [-0.39, 0.29) is 6.10 Å². The maximum atomic E-state index is 5.76. The van der Waals surface area contributed by atoms with Gasteiger partial charge in [-0.3, -0.25) is 4.90 Å². The third kappa shape index (κ3) is 3.05. The van der Waals surface area contributed by atoms with Crippen LogP contribution in [0.1, 0.15) is 6.92 Å². The molecule has 2 aromatic rings. The number of aromatic nitrogens is 2. The predicted molar refractivity (Wildman–Crippen MR) is 79.9 cm³/mol. The second-order valence-corrected chi connectivity index (χ2v) is 5.02. The smallest absolute Gasteiger partial charge is 0.223 e. The van der Waals surface area contributed by atoms with Crippen molar-refractivity contribution in [3.8, 4) is 0 Å². The summed E-state index contributed by atoms with van der Waals surface area (Å²) >= 11 is 0. The van der Waals surface area contributed by atoms with Crippen molar-refractivity contribution in [3.63, 3.8) is 0 Å². The number of hydrogen-bond donors (Lipinski definition) is 1. The molecule has 3 rings (SSSR count). The number of hydrogen-bond acceptors (Lipinski definition) is 5. The van der Waals surface area contributed by atoms with Crippen molar-refractivity contribution in [3.05, 3.63) is 30.5 Å². The molecule has 0 amide bonds. The van der Waals surface area contributed by atoms with Crippen molar-refractivity contribution < 1.29 is 4.74 Å². The lowest BCUT2D eigenvalue weighted by Gasteiger charge is -2.32. The van der Waals surface area contributed by atoms with Gasteiger partial charge in [0.25, 0.3) is 0 Å². The second kappa shape index (κ2) is 6.15. The minimum Gasteiger partial charge on any atom is -0.374 e. The van der Waals surface area contributed by atoms with Gasteiger partial charge < -0.3 is 10.1 Å². The highest BCUT2D eigenvalue weighted by Crippen LogP contribution is 2.12. The Labute approximate surface area is 119 Å². The lowest BCUT2D eigenvalue weighted by molar-refractivity contribution is -0.0192. The topological polar surface area (TPSA) is 50.3 Å². The van der Waals surface area contributed by atoms with Gasteiger partial charge in [-0.15, -0.1) is 0 Å². The number of fused-ring (bicyclic) bond motifs is 1. The number of anilines is 1. The summed E-state index contributed by atoms with van der Waals surface area (Å²) in [7, 11) is 0. The molecule has 1 atom stereocenters. The predicted octanol–water partition coefficient (Wildman–Crippen LogP) is 1.76. The summed E-state index contributed by atoms with van der Waals surface area (Å²) in [6, 6.07) is 8.00. The molecule has 0 radical (unpaired) electrons. The first-order valence-electron chi connectivity index (χ1n) is 7.15. The van der Waals surface area contributed by atoms with Crippen molar-refractivity contribution in [1.29, 1.82) is 0 Å². The van der Waals surface area contributed by atoms with Crippen LogP contribution in [0.4, 0.5) is 5.95 Å². The largest absolute Gasteiger partial charge is 0.374 e. The molecule has 1 saturated heterocycles. The van der Waals surface area contributed by atoms with Crippen molar-refractivity contribution in [2.75, 3.05) is 38.1 Å². The summed E-state index contributed by atoms with van der Waals surface area (Å²) < 4.78 is 5.76. The van der Waals surface area contributed by atoms with Crippen LogP contribution < -0.4 is 5.32 Å². The summed E-state index contributed by atoms with van der Waals surface area (Å²) in [5.74, 6) is 0.668. The van der Waals surface area contributed by atoms with Crippen LogP contribution in [-0.4, -0.2) is 53.8 Å². The fourth-order valence-corrected chi connectivity index (χ4v) is 2.45. The summed E-state index contributed by atoms with van der Waals surface area (Å²) in [5.41, 5.74) is 0.963. The van der Waals surface area contributed by atoms with Crippen LogP contribution in [0.2, 0.25) is 0 Å².